The third kappa shape index (κ3) is 6.91. The molecule has 0 atom stereocenters. The Morgan fingerprint density at radius 2 is 1.73 bits per heavy atom. The van der Waals surface area contributed by atoms with Crippen molar-refractivity contribution in [1.29, 1.82) is 0 Å². The summed E-state index contributed by atoms with van der Waals surface area (Å²) in [5.74, 6) is -0.594. The molecule has 0 heterocycles. The number of carboxylic acid groups (broad SMARTS) is 1. The van der Waals surface area contributed by atoms with Crippen LogP contribution in [-0.4, -0.2) is 36.0 Å². The second-order valence-corrected chi connectivity index (χ2v) is 6.75. The number of nitrogens with one attached hydrogen (secondary N) is 2. The zero-order valence-electron chi connectivity index (χ0n) is 13.6. The van der Waals surface area contributed by atoms with E-state index in [0.717, 1.165) is 6.42 Å². The largest absolute Gasteiger partial charge is 0.481 e. The Morgan fingerprint density at radius 1 is 1.09 bits per heavy atom. The zero-order chi connectivity index (χ0) is 16.6. The van der Waals surface area contributed by atoms with Gasteiger partial charge in [-0.15, -0.1) is 0 Å². The molecule has 126 valence electrons. The molecule has 6 nitrogen and oxygen atoms in total. The van der Waals surface area contributed by atoms with E-state index in [1.54, 1.807) is 13.8 Å². The first-order valence-corrected chi connectivity index (χ1v) is 8.08. The number of aliphatic carboxylic acids is 1. The summed E-state index contributed by atoms with van der Waals surface area (Å²) in [5, 5.41) is 14.2. The van der Waals surface area contributed by atoms with E-state index < -0.39 is 11.4 Å². The average Bonchev–Trinajstić information content (AvgIpc) is 2.95. The van der Waals surface area contributed by atoms with E-state index >= 15 is 0 Å². The molecule has 22 heavy (non-hydrogen) atoms. The van der Waals surface area contributed by atoms with Crippen molar-refractivity contribution in [2.45, 2.75) is 58.8 Å². The number of carbonyl (C=O) groups is 3. The second kappa shape index (κ2) is 8.76. The van der Waals surface area contributed by atoms with E-state index in [9.17, 15) is 14.4 Å². The van der Waals surface area contributed by atoms with Crippen molar-refractivity contribution < 1.29 is 19.5 Å². The van der Waals surface area contributed by atoms with Gasteiger partial charge in [-0.25, -0.2) is 0 Å². The van der Waals surface area contributed by atoms with Crippen molar-refractivity contribution in [2.24, 2.45) is 11.3 Å². The highest BCUT2D eigenvalue weighted by Gasteiger charge is 2.26. The van der Waals surface area contributed by atoms with Crippen LogP contribution < -0.4 is 10.6 Å². The number of hydrogen-bond acceptors (Lipinski definition) is 3. The van der Waals surface area contributed by atoms with Gasteiger partial charge in [-0.1, -0.05) is 25.7 Å². The SMILES string of the molecule is CC(C)(CCNC(=O)CNC(=O)CCC1CCCC1)C(=O)O. The fourth-order valence-electron chi connectivity index (χ4n) is 2.59. The molecule has 1 aliphatic carbocycles. The number of rotatable bonds is 9. The van der Waals surface area contributed by atoms with E-state index in [2.05, 4.69) is 10.6 Å². The van der Waals surface area contributed by atoms with Crippen LogP contribution in [0, 0.1) is 11.3 Å². The normalized spacial score (nSPS) is 15.5. The molecule has 1 aliphatic rings. The molecule has 1 fully saturated rings. The van der Waals surface area contributed by atoms with Crippen molar-refractivity contribution in [1.82, 2.24) is 10.6 Å². The highest BCUT2D eigenvalue weighted by atomic mass is 16.4. The summed E-state index contributed by atoms with van der Waals surface area (Å²) in [6.07, 6.45) is 6.69. The molecule has 2 amide bonds. The van der Waals surface area contributed by atoms with Gasteiger partial charge in [0.1, 0.15) is 0 Å². The highest BCUT2D eigenvalue weighted by Crippen LogP contribution is 2.28. The lowest BCUT2D eigenvalue weighted by Gasteiger charge is -2.18. The molecule has 0 bridgehead atoms. The third-order valence-electron chi connectivity index (χ3n) is 4.35. The van der Waals surface area contributed by atoms with Crippen LogP contribution in [0.2, 0.25) is 0 Å². The molecule has 6 heteroatoms. The zero-order valence-corrected chi connectivity index (χ0v) is 13.6. The molecule has 0 aromatic heterocycles. The maximum atomic E-state index is 11.7. The summed E-state index contributed by atoms with van der Waals surface area (Å²) in [7, 11) is 0. The van der Waals surface area contributed by atoms with Crippen LogP contribution in [0.1, 0.15) is 58.8 Å². The van der Waals surface area contributed by atoms with E-state index in [0.29, 0.717) is 18.8 Å². The van der Waals surface area contributed by atoms with Crippen LogP contribution in [0.25, 0.3) is 0 Å². The first kappa shape index (κ1) is 18.5. The second-order valence-electron chi connectivity index (χ2n) is 6.75. The van der Waals surface area contributed by atoms with E-state index in [4.69, 9.17) is 5.11 Å². The molecule has 0 aromatic carbocycles. The van der Waals surface area contributed by atoms with Gasteiger partial charge >= 0.3 is 5.97 Å². The van der Waals surface area contributed by atoms with Gasteiger partial charge in [0.25, 0.3) is 0 Å². The smallest absolute Gasteiger partial charge is 0.309 e. The number of carbonyl (C=O) groups excluding carboxylic acids is 2. The van der Waals surface area contributed by atoms with Gasteiger partial charge in [-0.2, -0.15) is 0 Å². The fraction of sp³-hybridized carbons (Fsp3) is 0.812. The van der Waals surface area contributed by atoms with Crippen LogP contribution >= 0.6 is 0 Å². The van der Waals surface area contributed by atoms with Gasteiger partial charge in [0.15, 0.2) is 0 Å². The summed E-state index contributed by atoms with van der Waals surface area (Å²) in [6, 6.07) is 0. The van der Waals surface area contributed by atoms with Crippen LogP contribution in [-0.2, 0) is 14.4 Å². The molecule has 3 N–H and O–H groups in total. The summed E-state index contributed by atoms with van der Waals surface area (Å²) < 4.78 is 0. The summed E-state index contributed by atoms with van der Waals surface area (Å²) >= 11 is 0. The molecule has 0 radical (unpaired) electrons. The minimum Gasteiger partial charge on any atom is -0.481 e. The Bertz CT molecular complexity index is 401. The van der Waals surface area contributed by atoms with E-state index in [1.165, 1.54) is 25.7 Å². The summed E-state index contributed by atoms with van der Waals surface area (Å²) in [5.41, 5.74) is -0.863. The Kier molecular flexibility index (Phi) is 7.35. The topological polar surface area (TPSA) is 95.5 Å². The van der Waals surface area contributed by atoms with Crippen molar-refractivity contribution in [3.05, 3.63) is 0 Å². The van der Waals surface area contributed by atoms with Crippen molar-refractivity contribution in [3.8, 4) is 0 Å². The number of amides is 2. The van der Waals surface area contributed by atoms with Crippen LogP contribution in [0.15, 0.2) is 0 Å². The third-order valence-corrected chi connectivity index (χ3v) is 4.35. The Hall–Kier alpha value is -1.59. The Balaban J connectivity index is 2.09. The van der Waals surface area contributed by atoms with Crippen molar-refractivity contribution in [2.75, 3.05) is 13.1 Å². The summed E-state index contributed by atoms with van der Waals surface area (Å²) in [4.78, 5) is 34.2. The quantitative estimate of drug-likeness (QED) is 0.604. The van der Waals surface area contributed by atoms with E-state index in [1.807, 2.05) is 0 Å². The van der Waals surface area contributed by atoms with E-state index in [-0.39, 0.29) is 24.9 Å². The molecule has 0 saturated heterocycles. The molecule has 0 aliphatic heterocycles. The molecular weight excluding hydrogens is 284 g/mol. The minimum atomic E-state index is -0.887. The lowest BCUT2D eigenvalue weighted by atomic mass is 9.90. The molecule has 0 aromatic rings. The molecule has 1 saturated carbocycles. The molecular formula is C16H28N2O4. The van der Waals surface area contributed by atoms with Gasteiger partial charge in [0.05, 0.1) is 12.0 Å². The van der Waals surface area contributed by atoms with Gasteiger partial charge in [0.2, 0.25) is 11.8 Å². The molecule has 0 unspecified atom stereocenters. The lowest BCUT2D eigenvalue weighted by molar-refractivity contribution is -0.147. The predicted molar refractivity (Wildman–Crippen MR) is 83.2 cm³/mol. The monoisotopic (exact) mass is 312 g/mol. The average molecular weight is 312 g/mol. The lowest BCUT2D eigenvalue weighted by Crippen LogP contribution is -2.39. The fourth-order valence-corrected chi connectivity index (χ4v) is 2.59. The maximum absolute atomic E-state index is 11.7. The highest BCUT2D eigenvalue weighted by molar-refractivity contribution is 5.84. The summed E-state index contributed by atoms with van der Waals surface area (Å²) in [6.45, 7) is 3.48. The van der Waals surface area contributed by atoms with Gasteiger partial charge < -0.3 is 15.7 Å². The minimum absolute atomic E-state index is 0.0446. The predicted octanol–water partition coefficient (Wildman–Crippen LogP) is 1.69. The Morgan fingerprint density at radius 3 is 2.32 bits per heavy atom. The number of carboxylic acids is 1. The van der Waals surface area contributed by atoms with Crippen LogP contribution in [0.4, 0.5) is 0 Å². The van der Waals surface area contributed by atoms with Crippen LogP contribution in [0.3, 0.4) is 0 Å². The van der Waals surface area contributed by atoms with Gasteiger partial charge in [-0.3, -0.25) is 14.4 Å². The molecule has 0 spiro atoms. The van der Waals surface area contributed by atoms with Crippen LogP contribution in [0.5, 0.6) is 0 Å². The Labute approximate surface area is 132 Å². The maximum Gasteiger partial charge on any atom is 0.309 e. The molecule has 1 rings (SSSR count). The first-order chi connectivity index (χ1) is 10.3. The number of hydrogen-bond donors (Lipinski definition) is 3. The standard InChI is InChI=1S/C16H28N2O4/c1-16(2,15(21)22)9-10-17-14(20)11-18-13(19)8-7-12-5-3-4-6-12/h12H,3-11H2,1-2H3,(H,17,20)(H,18,19)(H,21,22). The van der Waals surface area contributed by atoms with Crippen molar-refractivity contribution >= 4 is 17.8 Å². The first-order valence-electron chi connectivity index (χ1n) is 8.08. The van der Waals surface area contributed by atoms with Crippen molar-refractivity contribution in [3.63, 3.8) is 0 Å². The van der Waals surface area contributed by atoms with Gasteiger partial charge in [0, 0.05) is 13.0 Å². The van der Waals surface area contributed by atoms with Gasteiger partial charge in [-0.05, 0) is 32.6 Å².